The molecule has 2 aromatic rings. The summed E-state index contributed by atoms with van der Waals surface area (Å²) in [5, 5.41) is 3.58. The average Bonchev–Trinajstić information content (AvgIpc) is 3.19. The van der Waals surface area contributed by atoms with E-state index in [1.54, 1.807) is 43.3 Å². The number of hydrogen-bond acceptors (Lipinski definition) is 2. The molecule has 0 bridgehead atoms. The van der Waals surface area contributed by atoms with E-state index in [4.69, 9.17) is 11.6 Å². The van der Waals surface area contributed by atoms with Gasteiger partial charge in [-0.15, -0.1) is 0 Å². The van der Waals surface area contributed by atoms with Crippen LogP contribution in [0.3, 0.4) is 0 Å². The zero-order valence-electron chi connectivity index (χ0n) is 16.5. The van der Waals surface area contributed by atoms with E-state index in [9.17, 15) is 14.0 Å². The van der Waals surface area contributed by atoms with Crippen molar-refractivity contribution in [3.8, 4) is 0 Å². The van der Waals surface area contributed by atoms with Crippen LogP contribution >= 0.6 is 11.6 Å². The van der Waals surface area contributed by atoms with Gasteiger partial charge in [0, 0.05) is 23.2 Å². The number of carbonyl (C=O) groups excluding carboxylic acids is 2. The lowest BCUT2D eigenvalue weighted by Crippen LogP contribution is -2.50. The monoisotopic (exact) mass is 416 g/mol. The predicted molar refractivity (Wildman–Crippen MR) is 112 cm³/mol. The van der Waals surface area contributed by atoms with Crippen molar-refractivity contribution < 1.29 is 14.0 Å². The molecule has 0 heterocycles. The lowest BCUT2D eigenvalue weighted by molar-refractivity contribution is -0.140. The molecule has 1 unspecified atom stereocenters. The van der Waals surface area contributed by atoms with Gasteiger partial charge in [0.2, 0.25) is 11.8 Å². The summed E-state index contributed by atoms with van der Waals surface area (Å²) in [6.07, 6.45) is 4.22. The lowest BCUT2D eigenvalue weighted by Gasteiger charge is -2.30. The number of nitrogens with one attached hydrogen (secondary N) is 1. The molecule has 0 aromatic heterocycles. The fourth-order valence-corrected chi connectivity index (χ4v) is 3.92. The number of amides is 2. The van der Waals surface area contributed by atoms with Crippen molar-refractivity contribution in [1.82, 2.24) is 10.2 Å². The Labute approximate surface area is 176 Å². The third-order valence-electron chi connectivity index (χ3n) is 5.41. The van der Waals surface area contributed by atoms with Gasteiger partial charge in [0.25, 0.3) is 0 Å². The smallest absolute Gasteiger partial charge is 0.242 e. The Balaban J connectivity index is 1.78. The summed E-state index contributed by atoms with van der Waals surface area (Å²) in [4.78, 5) is 27.4. The third kappa shape index (κ3) is 5.80. The topological polar surface area (TPSA) is 49.4 Å². The Morgan fingerprint density at radius 2 is 1.90 bits per heavy atom. The van der Waals surface area contributed by atoms with Crippen molar-refractivity contribution in [1.29, 1.82) is 0 Å². The Kier molecular flexibility index (Phi) is 7.26. The molecule has 1 saturated carbocycles. The highest BCUT2D eigenvalue weighted by atomic mass is 35.5. The first-order valence-electron chi connectivity index (χ1n) is 10.0. The fourth-order valence-electron chi connectivity index (χ4n) is 3.71. The third-order valence-corrected chi connectivity index (χ3v) is 5.65. The summed E-state index contributed by atoms with van der Waals surface area (Å²) in [5.74, 6) is -0.839. The molecule has 29 heavy (non-hydrogen) atoms. The van der Waals surface area contributed by atoms with E-state index in [1.165, 1.54) is 11.0 Å². The Morgan fingerprint density at radius 3 is 2.59 bits per heavy atom. The minimum Gasteiger partial charge on any atom is -0.352 e. The van der Waals surface area contributed by atoms with Gasteiger partial charge in [-0.1, -0.05) is 54.8 Å². The molecular weight excluding hydrogens is 391 g/mol. The van der Waals surface area contributed by atoms with Crippen molar-refractivity contribution >= 4 is 23.4 Å². The van der Waals surface area contributed by atoms with Crippen LogP contribution in [0.1, 0.15) is 43.7 Å². The largest absolute Gasteiger partial charge is 0.352 e. The zero-order chi connectivity index (χ0) is 20.8. The first-order chi connectivity index (χ1) is 13.9. The van der Waals surface area contributed by atoms with Gasteiger partial charge in [-0.2, -0.15) is 0 Å². The average molecular weight is 417 g/mol. The summed E-state index contributed by atoms with van der Waals surface area (Å²) in [6.45, 7) is 1.73. The molecule has 1 N–H and O–H groups in total. The highest BCUT2D eigenvalue weighted by Crippen LogP contribution is 2.20. The van der Waals surface area contributed by atoms with E-state index in [2.05, 4.69) is 5.32 Å². The number of nitrogens with zero attached hydrogens (tertiary/aromatic N) is 1. The Morgan fingerprint density at radius 1 is 1.17 bits per heavy atom. The molecule has 2 amide bonds. The van der Waals surface area contributed by atoms with Gasteiger partial charge in [0.15, 0.2) is 0 Å². The molecule has 0 saturated heterocycles. The maximum atomic E-state index is 14.2. The molecule has 0 radical (unpaired) electrons. The maximum Gasteiger partial charge on any atom is 0.242 e. The molecule has 1 fully saturated rings. The van der Waals surface area contributed by atoms with Crippen LogP contribution in [0, 0.1) is 5.82 Å². The molecule has 6 heteroatoms. The minimum atomic E-state index is -0.707. The van der Waals surface area contributed by atoms with Crippen LogP contribution in [-0.2, 0) is 22.6 Å². The Hall–Kier alpha value is -2.40. The zero-order valence-corrected chi connectivity index (χ0v) is 17.3. The maximum absolute atomic E-state index is 14.2. The summed E-state index contributed by atoms with van der Waals surface area (Å²) in [5.41, 5.74) is 1.14. The van der Waals surface area contributed by atoms with Crippen molar-refractivity contribution in [2.24, 2.45) is 0 Å². The van der Waals surface area contributed by atoms with Crippen molar-refractivity contribution in [2.45, 2.75) is 57.7 Å². The van der Waals surface area contributed by atoms with Gasteiger partial charge in [0.05, 0.1) is 6.42 Å². The normalized spacial score (nSPS) is 15.1. The van der Waals surface area contributed by atoms with Gasteiger partial charge in [0.1, 0.15) is 11.9 Å². The van der Waals surface area contributed by atoms with E-state index in [1.807, 2.05) is 6.07 Å². The highest BCUT2D eigenvalue weighted by Gasteiger charge is 2.29. The summed E-state index contributed by atoms with van der Waals surface area (Å²) >= 11 is 6.03. The predicted octanol–water partition coefficient (Wildman–Crippen LogP) is 4.50. The Bertz CT molecular complexity index is 867. The van der Waals surface area contributed by atoms with Crippen LogP contribution in [0.15, 0.2) is 48.5 Å². The van der Waals surface area contributed by atoms with Gasteiger partial charge >= 0.3 is 0 Å². The number of benzene rings is 2. The van der Waals surface area contributed by atoms with Crippen LogP contribution in [0.25, 0.3) is 0 Å². The number of halogens is 2. The second kappa shape index (κ2) is 9.88. The number of carbonyl (C=O) groups is 2. The molecule has 1 aliphatic carbocycles. The van der Waals surface area contributed by atoms with Crippen LogP contribution in [0.5, 0.6) is 0 Å². The molecule has 1 aliphatic rings. The standard InChI is InChI=1S/C23H26ClFN2O2/c1-16(23(29)26-20-10-3-4-11-20)27(15-18-8-2-5-12-21(18)25)22(28)14-17-7-6-9-19(24)13-17/h2,5-9,12-13,16,20H,3-4,10-11,14-15H2,1H3,(H,26,29). The molecule has 154 valence electrons. The van der Waals surface area contributed by atoms with Crippen LogP contribution in [0.4, 0.5) is 4.39 Å². The molecule has 2 aromatic carbocycles. The molecule has 4 nitrogen and oxygen atoms in total. The van der Waals surface area contributed by atoms with E-state index in [0.717, 1.165) is 31.2 Å². The van der Waals surface area contributed by atoms with E-state index >= 15 is 0 Å². The van der Waals surface area contributed by atoms with Crippen LogP contribution < -0.4 is 5.32 Å². The lowest BCUT2D eigenvalue weighted by atomic mass is 10.1. The molecule has 1 atom stereocenters. The van der Waals surface area contributed by atoms with Crippen LogP contribution in [0.2, 0.25) is 5.02 Å². The second-order valence-electron chi connectivity index (χ2n) is 7.59. The van der Waals surface area contributed by atoms with E-state index in [-0.39, 0.29) is 30.8 Å². The first kappa shape index (κ1) is 21.3. The van der Waals surface area contributed by atoms with E-state index in [0.29, 0.717) is 10.6 Å². The minimum absolute atomic E-state index is 0.0331. The first-order valence-corrected chi connectivity index (χ1v) is 10.4. The SMILES string of the molecule is CC(C(=O)NC1CCCC1)N(Cc1ccccc1F)C(=O)Cc1cccc(Cl)c1. The van der Waals surface area contributed by atoms with Crippen molar-refractivity contribution in [2.75, 3.05) is 0 Å². The summed E-state index contributed by atoms with van der Waals surface area (Å²) in [6, 6.07) is 12.8. The van der Waals surface area contributed by atoms with Crippen molar-refractivity contribution in [3.05, 3.63) is 70.5 Å². The molecule has 0 spiro atoms. The molecule has 0 aliphatic heterocycles. The second-order valence-corrected chi connectivity index (χ2v) is 8.02. The number of hydrogen-bond donors (Lipinski definition) is 1. The fraction of sp³-hybridized carbons (Fsp3) is 0.391. The van der Waals surface area contributed by atoms with Crippen LogP contribution in [-0.4, -0.2) is 28.8 Å². The summed E-state index contributed by atoms with van der Waals surface area (Å²) < 4.78 is 14.2. The van der Waals surface area contributed by atoms with Gasteiger partial charge < -0.3 is 10.2 Å². The number of rotatable bonds is 7. The van der Waals surface area contributed by atoms with Gasteiger partial charge in [-0.3, -0.25) is 9.59 Å². The summed E-state index contributed by atoms with van der Waals surface area (Å²) in [7, 11) is 0. The quantitative estimate of drug-likeness (QED) is 0.722. The van der Waals surface area contributed by atoms with Gasteiger partial charge in [-0.25, -0.2) is 4.39 Å². The van der Waals surface area contributed by atoms with E-state index < -0.39 is 11.9 Å². The van der Waals surface area contributed by atoms with Gasteiger partial charge in [-0.05, 0) is 43.5 Å². The van der Waals surface area contributed by atoms with Crippen molar-refractivity contribution in [3.63, 3.8) is 0 Å². The molecule has 3 rings (SSSR count). The highest BCUT2D eigenvalue weighted by molar-refractivity contribution is 6.30. The molecular formula is C23H26ClFN2O2.